The van der Waals surface area contributed by atoms with Crippen LogP contribution in [0.4, 0.5) is 0 Å². The van der Waals surface area contributed by atoms with Crippen LogP contribution in [-0.4, -0.2) is 22.5 Å². The molecule has 1 aromatic heterocycles. The SMILES string of the molecule is CCOC(=O)CC=Cc1cnc(C#N)nc1. The second-order valence-corrected chi connectivity index (χ2v) is 2.86. The Balaban J connectivity index is 2.50. The van der Waals surface area contributed by atoms with E-state index >= 15 is 0 Å². The molecular weight excluding hydrogens is 206 g/mol. The molecule has 0 N–H and O–H groups in total. The summed E-state index contributed by atoms with van der Waals surface area (Å²) in [5.41, 5.74) is 0.739. The summed E-state index contributed by atoms with van der Waals surface area (Å²) in [7, 11) is 0. The fourth-order valence-corrected chi connectivity index (χ4v) is 0.993. The van der Waals surface area contributed by atoms with Gasteiger partial charge in [0.1, 0.15) is 6.07 Å². The van der Waals surface area contributed by atoms with Crippen molar-refractivity contribution in [1.29, 1.82) is 5.26 Å². The van der Waals surface area contributed by atoms with Gasteiger partial charge in [-0.25, -0.2) is 9.97 Å². The maximum Gasteiger partial charge on any atom is 0.309 e. The fraction of sp³-hybridized carbons (Fsp3) is 0.273. The maximum atomic E-state index is 11.0. The number of nitrogens with zero attached hydrogens (tertiary/aromatic N) is 3. The van der Waals surface area contributed by atoms with Gasteiger partial charge in [-0.3, -0.25) is 4.79 Å². The van der Waals surface area contributed by atoms with Crippen LogP contribution >= 0.6 is 0 Å². The van der Waals surface area contributed by atoms with Crippen molar-refractivity contribution in [3.63, 3.8) is 0 Å². The topological polar surface area (TPSA) is 75.9 Å². The molecule has 5 nitrogen and oxygen atoms in total. The molecule has 1 heterocycles. The number of nitriles is 1. The number of esters is 1. The maximum absolute atomic E-state index is 11.0. The smallest absolute Gasteiger partial charge is 0.309 e. The molecule has 0 aliphatic carbocycles. The summed E-state index contributed by atoms with van der Waals surface area (Å²) in [6, 6.07) is 1.82. The number of aromatic nitrogens is 2. The van der Waals surface area contributed by atoms with Crippen LogP contribution in [0.5, 0.6) is 0 Å². The lowest BCUT2D eigenvalue weighted by molar-refractivity contribution is -0.142. The van der Waals surface area contributed by atoms with E-state index in [9.17, 15) is 4.79 Å². The Hall–Kier alpha value is -2.22. The first-order valence-electron chi connectivity index (χ1n) is 4.80. The summed E-state index contributed by atoms with van der Waals surface area (Å²) in [4.78, 5) is 18.6. The molecule has 0 saturated heterocycles. The van der Waals surface area contributed by atoms with Gasteiger partial charge < -0.3 is 4.74 Å². The summed E-state index contributed by atoms with van der Waals surface area (Å²) in [6.45, 7) is 2.14. The van der Waals surface area contributed by atoms with E-state index in [0.29, 0.717) is 6.61 Å². The van der Waals surface area contributed by atoms with Gasteiger partial charge in [0.25, 0.3) is 0 Å². The largest absolute Gasteiger partial charge is 0.466 e. The van der Waals surface area contributed by atoms with Crippen LogP contribution in [0, 0.1) is 11.3 Å². The second-order valence-electron chi connectivity index (χ2n) is 2.86. The highest BCUT2D eigenvalue weighted by molar-refractivity contribution is 5.72. The third-order valence-corrected chi connectivity index (χ3v) is 1.67. The van der Waals surface area contributed by atoms with Crippen LogP contribution in [0.2, 0.25) is 0 Å². The Labute approximate surface area is 93.4 Å². The summed E-state index contributed by atoms with van der Waals surface area (Å²) >= 11 is 0. The lowest BCUT2D eigenvalue weighted by Crippen LogP contribution is -2.01. The van der Waals surface area contributed by atoms with Crippen LogP contribution < -0.4 is 0 Å². The Morgan fingerprint density at radius 1 is 1.56 bits per heavy atom. The van der Waals surface area contributed by atoms with Gasteiger partial charge in [-0.2, -0.15) is 5.26 Å². The van der Waals surface area contributed by atoms with E-state index in [1.165, 1.54) is 12.4 Å². The number of hydrogen-bond acceptors (Lipinski definition) is 5. The summed E-state index contributed by atoms with van der Waals surface area (Å²) in [5, 5.41) is 8.48. The Kier molecular flexibility index (Phi) is 4.67. The molecule has 5 heteroatoms. The molecule has 82 valence electrons. The van der Waals surface area contributed by atoms with Crippen molar-refractivity contribution in [3.05, 3.63) is 29.9 Å². The van der Waals surface area contributed by atoms with Crippen molar-refractivity contribution in [2.75, 3.05) is 6.61 Å². The van der Waals surface area contributed by atoms with Gasteiger partial charge in [0, 0.05) is 18.0 Å². The molecule has 0 aliphatic heterocycles. The zero-order valence-electron chi connectivity index (χ0n) is 8.88. The zero-order valence-corrected chi connectivity index (χ0v) is 8.88. The van der Waals surface area contributed by atoms with Gasteiger partial charge in [-0.05, 0) is 6.92 Å². The molecule has 16 heavy (non-hydrogen) atoms. The van der Waals surface area contributed by atoms with E-state index in [1.54, 1.807) is 19.1 Å². The highest BCUT2D eigenvalue weighted by Crippen LogP contribution is 2.00. The predicted molar refractivity (Wildman–Crippen MR) is 57.0 cm³/mol. The van der Waals surface area contributed by atoms with Gasteiger partial charge in [-0.15, -0.1) is 0 Å². The molecule has 0 radical (unpaired) electrons. The first-order valence-corrected chi connectivity index (χ1v) is 4.80. The Bertz CT molecular complexity index is 418. The minimum atomic E-state index is -0.270. The second kappa shape index (κ2) is 6.30. The van der Waals surface area contributed by atoms with Crippen molar-refractivity contribution in [2.24, 2.45) is 0 Å². The number of carbonyl (C=O) groups is 1. The molecule has 1 aromatic rings. The first-order chi connectivity index (χ1) is 7.76. The fourth-order valence-electron chi connectivity index (χ4n) is 0.993. The van der Waals surface area contributed by atoms with Crippen LogP contribution in [0.15, 0.2) is 18.5 Å². The van der Waals surface area contributed by atoms with Crippen LogP contribution in [0.1, 0.15) is 24.7 Å². The molecular formula is C11H11N3O2. The molecule has 0 fully saturated rings. The monoisotopic (exact) mass is 217 g/mol. The minimum Gasteiger partial charge on any atom is -0.466 e. The number of carbonyl (C=O) groups excluding carboxylic acids is 1. The van der Waals surface area contributed by atoms with Crippen molar-refractivity contribution in [2.45, 2.75) is 13.3 Å². The van der Waals surface area contributed by atoms with E-state index in [4.69, 9.17) is 10.00 Å². The van der Waals surface area contributed by atoms with E-state index in [0.717, 1.165) is 5.56 Å². The number of hydrogen-bond donors (Lipinski definition) is 0. The van der Waals surface area contributed by atoms with Gasteiger partial charge in [0.05, 0.1) is 13.0 Å². The van der Waals surface area contributed by atoms with E-state index in [1.807, 2.05) is 6.07 Å². The van der Waals surface area contributed by atoms with Gasteiger partial charge in [0.15, 0.2) is 0 Å². The molecule has 1 rings (SSSR count). The van der Waals surface area contributed by atoms with Gasteiger partial charge >= 0.3 is 5.97 Å². The quantitative estimate of drug-likeness (QED) is 0.711. The molecule has 0 bridgehead atoms. The Morgan fingerprint density at radius 2 is 2.25 bits per heavy atom. The lowest BCUT2D eigenvalue weighted by Gasteiger charge is -1.96. The van der Waals surface area contributed by atoms with Crippen LogP contribution in [0.25, 0.3) is 6.08 Å². The summed E-state index contributed by atoms with van der Waals surface area (Å²) in [6.07, 6.45) is 6.63. The number of ether oxygens (including phenoxy) is 1. The molecule has 0 aromatic carbocycles. The molecule has 0 amide bonds. The van der Waals surface area contributed by atoms with Crippen LogP contribution in [0.3, 0.4) is 0 Å². The Morgan fingerprint density at radius 3 is 2.81 bits per heavy atom. The normalized spacial score (nSPS) is 10.0. The predicted octanol–water partition coefficient (Wildman–Crippen LogP) is 1.31. The minimum absolute atomic E-state index is 0.127. The van der Waals surface area contributed by atoms with Gasteiger partial charge in [0.2, 0.25) is 5.82 Å². The van der Waals surface area contributed by atoms with Crippen molar-refractivity contribution in [1.82, 2.24) is 9.97 Å². The third-order valence-electron chi connectivity index (χ3n) is 1.67. The van der Waals surface area contributed by atoms with E-state index in [-0.39, 0.29) is 18.2 Å². The summed E-state index contributed by atoms with van der Waals surface area (Å²) in [5.74, 6) is -0.143. The van der Waals surface area contributed by atoms with Crippen molar-refractivity contribution < 1.29 is 9.53 Å². The molecule has 0 atom stereocenters. The van der Waals surface area contributed by atoms with Crippen LogP contribution in [-0.2, 0) is 9.53 Å². The lowest BCUT2D eigenvalue weighted by atomic mass is 10.3. The van der Waals surface area contributed by atoms with Crippen molar-refractivity contribution in [3.8, 4) is 6.07 Å². The first kappa shape index (κ1) is 11.9. The molecule has 0 spiro atoms. The molecule has 0 unspecified atom stereocenters. The number of rotatable bonds is 4. The summed E-state index contributed by atoms with van der Waals surface area (Å²) < 4.78 is 4.75. The van der Waals surface area contributed by atoms with E-state index < -0.39 is 0 Å². The molecule has 0 saturated carbocycles. The average molecular weight is 217 g/mol. The standard InChI is InChI=1S/C11H11N3O2/c1-2-16-11(15)5-3-4-9-7-13-10(6-12)14-8-9/h3-4,7-8H,2,5H2,1H3. The van der Waals surface area contributed by atoms with E-state index in [2.05, 4.69) is 9.97 Å². The highest BCUT2D eigenvalue weighted by atomic mass is 16.5. The van der Waals surface area contributed by atoms with Crippen molar-refractivity contribution >= 4 is 12.0 Å². The zero-order chi connectivity index (χ0) is 11.8. The van der Waals surface area contributed by atoms with Gasteiger partial charge in [-0.1, -0.05) is 12.2 Å². The highest BCUT2D eigenvalue weighted by Gasteiger charge is 1.97. The molecule has 0 aliphatic rings. The average Bonchev–Trinajstić information content (AvgIpc) is 2.30. The third kappa shape index (κ3) is 3.88.